The Bertz CT molecular complexity index is 391. The van der Waals surface area contributed by atoms with E-state index in [4.69, 9.17) is 9.47 Å². The summed E-state index contributed by atoms with van der Waals surface area (Å²) >= 11 is 0. The fourth-order valence-electron chi connectivity index (χ4n) is 2.18. The molecule has 1 N–H and O–H groups in total. The van der Waals surface area contributed by atoms with Gasteiger partial charge in [0.2, 0.25) is 0 Å². The quantitative estimate of drug-likeness (QED) is 0.704. The summed E-state index contributed by atoms with van der Waals surface area (Å²) in [6.07, 6.45) is 0. The lowest BCUT2D eigenvalue weighted by Crippen LogP contribution is -2.23. The maximum Gasteiger partial charge on any atom is 0.0701 e. The third-order valence-corrected chi connectivity index (χ3v) is 3.26. The summed E-state index contributed by atoms with van der Waals surface area (Å²) in [5.74, 6) is 0.579. The third kappa shape index (κ3) is 6.04. The molecule has 1 aromatic rings. The summed E-state index contributed by atoms with van der Waals surface area (Å²) in [7, 11) is 1.97. The van der Waals surface area contributed by atoms with E-state index in [1.54, 1.807) is 0 Å². The van der Waals surface area contributed by atoms with Gasteiger partial charge < -0.3 is 14.8 Å². The number of likely N-dealkylation sites (N-methyl/N-ethyl adjacent to an activating group) is 1. The molecule has 0 saturated heterocycles. The minimum absolute atomic E-state index is 0.237. The maximum atomic E-state index is 5.72. The molecular formula is C17H29NO2. The normalized spacial score (nSPS) is 12.9. The Kier molecular flexibility index (Phi) is 7.82. The molecule has 0 aliphatic carbocycles. The molecule has 0 heterocycles. The van der Waals surface area contributed by atoms with Crippen LogP contribution in [0.2, 0.25) is 0 Å². The molecule has 3 nitrogen and oxygen atoms in total. The summed E-state index contributed by atoms with van der Waals surface area (Å²) in [5, 5.41) is 3.32. The first-order valence-corrected chi connectivity index (χ1v) is 7.44. The van der Waals surface area contributed by atoms with Gasteiger partial charge in [-0.3, -0.25) is 0 Å². The largest absolute Gasteiger partial charge is 0.379 e. The van der Waals surface area contributed by atoms with E-state index in [9.17, 15) is 0 Å². The van der Waals surface area contributed by atoms with Gasteiger partial charge in [0, 0.05) is 6.61 Å². The highest BCUT2D eigenvalue weighted by molar-refractivity contribution is 5.32. The number of rotatable bonds is 9. The van der Waals surface area contributed by atoms with Crippen LogP contribution in [0.5, 0.6) is 0 Å². The van der Waals surface area contributed by atoms with Crippen molar-refractivity contribution in [1.29, 1.82) is 0 Å². The molecule has 0 aliphatic rings. The van der Waals surface area contributed by atoms with Crippen molar-refractivity contribution in [2.75, 3.05) is 33.5 Å². The summed E-state index contributed by atoms with van der Waals surface area (Å²) < 4.78 is 11.2. The minimum atomic E-state index is 0.237. The Morgan fingerprint density at radius 1 is 1.05 bits per heavy atom. The Labute approximate surface area is 123 Å². The molecule has 0 saturated carbocycles. The van der Waals surface area contributed by atoms with Gasteiger partial charge in [-0.1, -0.05) is 37.6 Å². The molecule has 1 atom stereocenters. The van der Waals surface area contributed by atoms with Crippen LogP contribution in [0.3, 0.4) is 0 Å². The van der Waals surface area contributed by atoms with Crippen LogP contribution in [-0.2, 0) is 9.47 Å². The predicted molar refractivity (Wildman–Crippen MR) is 84.2 cm³/mol. The number of hydrogen-bond acceptors (Lipinski definition) is 3. The highest BCUT2D eigenvalue weighted by atomic mass is 16.5. The van der Waals surface area contributed by atoms with Crippen LogP contribution in [0.15, 0.2) is 18.2 Å². The molecule has 0 aliphatic heterocycles. The van der Waals surface area contributed by atoms with Crippen molar-refractivity contribution >= 4 is 0 Å². The van der Waals surface area contributed by atoms with Crippen LogP contribution in [0.25, 0.3) is 0 Å². The van der Waals surface area contributed by atoms with Crippen molar-refractivity contribution in [2.45, 2.75) is 33.7 Å². The first-order chi connectivity index (χ1) is 9.54. The highest BCUT2D eigenvalue weighted by Gasteiger charge is 2.11. The van der Waals surface area contributed by atoms with Crippen LogP contribution in [0, 0.1) is 19.8 Å². The van der Waals surface area contributed by atoms with Gasteiger partial charge in [-0.15, -0.1) is 0 Å². The first kappa shape index (κ1) is 17.2. The fraction of sp³-hybridized carbons (Fsp3) is 0.647. The lowest BCUT2D eigenvalue weighted by molar-refractivity contribution is 0.0308. The Morgan fingerprint density at radius 2 is 1.70 bits per heavy atom. The number of hydrogen-bond donors (Lipinski definition) is 1. The minimum Gasteiger partial charge on any atom is -0.379 e. The zero-order valence-corrected chi connectivity index (χ0v) is 13.5. The van der Waals surface area contributed by atoms with E-state index < -0.39 is 0 Å². The lowest BCUT2D eigenvalue weighted by Gasteiger charge is -2.19. The van der Waals surface area contributed by atoms with E-state index in [0.717, 1.165) is 6.61 Å². The summed E-state index contributed by atoms with van der Waals surface area (Å²) in [4.78, 5) is 0. The second-order valence-corrected chi connectivity index (χ2v) is 5.74. The van der Waals surface area contributed by atoms with E-state index in [0.29, 0.717) is 25.7 Å². The van der Waals surface area contributed by atoms with Gasteiger partial charge in [0.25, 0.3) is 0 Å². The van der Waals surface area contributed by atoms with Crippen LogP contribution < -0.4 is 5.32 Å². The number of aryl methyl sites for hydroxylation is 2. The van der Waals surface area contributed by atoms with Gasteiger partial charge in [-0.2, -0.15) is 0 Å². The van der Waals surface area contributed by atoms with Crippen molar-refractivity contribution in [3.63, 3.8) is 0 Å². The van der Waals surface area contributed by atoms with E-state index >= 15 is 0 Å². The van der Waals surface area contributed by atoms with Gasteiger partial charge in [-0.05, 0) is 37.9 Å². The summed E-state index contributed by atoms with van der Waals surface area (Å²) in [6, 6.07) is 6.79. The Balaban J connectivity index is 2.36. The van der Waals surface area contributed by atoms with E-state index in [2.05, 4.69) is 51.2 Å². The third-order valence-electron chi connectivity index (χ3n) is 3.26. The standard InChI is InChI=1S/C17H29NO2/c1-13(2)11-19-8-9-20-12-17(18-5)16-7-6-14(3)10-15(16)4/h6-7,10,13,17-18H,8-9,11-12H2,1-5H3. The molecule has 1 aromatic carbocycles. The zero-order chi connectivity index (χ0) is 15.0. The highest BCUT2D eigenvalue weighted by Crippen LogP contribution is 2.19. The van der Waals surface area contributed by atoms with Crippen molar-refractivity contribution < 1.29 is 9.47 Å². The molecule has 20 heavy (non-hydrogen) atoms. The maximum absolute atomic E-state index is 5.72. The molecular weight excluding hydrogens is 250 g/mol. The smallest absolute Gasteiger partial charge is 0.0701 e. The molecule has 0 fully saturated rings. The monoisotopic (exact) mass is 279 g/mol. The van der Waals surface area contributed by atoms with Crippen LogP contribution in [-0.4, -0.2) is 33.5 Å². The van der Waals surface area contributed by atoms with Crippen LogP contribution in [0.1, 0.15) is 36.6 Å². The lowest BCUT2D eigenvalue weighted by atomic mass is 10.00. The van der Waals surface area contributed by atoms with E-state index in [-0.39, 0.29) is 6.04 Å². The topological polar surface area (TPSA) is 30.5 Å². The van der Waals surface area contributed by atoms with Crippen molar-refractivity contribution in [2.24, 2.45) is 5.92 Å². The average molecular weight is 279 g/mol. The first-order valence-electron chi connectivity index (χ1n) is 7.44. The molecule has 3 heteroatoms. The van der Waals surface area contributed by atoms with Crippen LogP contribution in [0.4, 0.5) is 0 Å². The summed E-state index contributed by atoms with van der Waals surface area (Å²) in [5.41, 5.74) is 3.91. The van der Waals surface area contributed by atoms with Gasteiger partial charge in [0.1, 0.15) is 0 Å². The number of ether oxygens (including phenoxy) is 2. The molecule has 0 amide bonds. The zero-order valence-electron chi connectivity index (χ0n) is 13.5. The Hall–Kier alpha value is -0.900. The van der Waals surface area contributed by atoms with Gasteiger partial charge in [-0.25, -0.2) is 0 Å². The van der Waals surface area contributed by atoms with Gasteiger partial charge in [0.15, 0.2) is 0 Å². The molecule has 0 spiro atoms. The Morgan fingerprint density at radius 3 is 2.25 bits per heavy atom. The predicted octanol–water partition coefficient (Wildman–Crippen LogP) is 3.25. The molecule has 1 rings (SSSR count). The number of benzene rings is 1. The van der Waals surface area contributed by atoms with Crippen molar-refractivity contribution in [1.82, 2.24) is 5.32 Å². The molecule has 0 aromatic heterocycles. The summed E-state index contributed by atoms with van der Waals surface area (Å²) in [6.45, 7) is 11.4. The van der Waals surface area contributed by atoms with Crippen LogP contribution >= 0.6 is 0 Å². The fourth-order valence-corrected chi connectivity index (χ4v) is 2.18. The molecule has 0 radical (unpaired) electrons. The second kappa shape index (κ2) is 9.11. The van der Waals surface area contributed by atoms with E-state index in [1.807, 2.05) is 7.05 Å². The van der Waals surface area contributed by atoms with Gasteiger partial charge >= 0.3 is 0 Å². The molecule has 114 valence electrons. The second-order valence-electron chi connectivity index (χ2n) is 5.74. The SMILES string of the molecule is CNC(COCCOCC(C)C)c1ccc(C)cc1C. The van der Waals surface area contributed by atoms with E-state index in [1.165, 1.54) is 16.7 Å². The van der Waals surface area contributed by atoms with Crippen molar-refractivity contribution in [3.05, 3.63) is 34.9 Å². The molecule has 1 unspecified atom stereocenters. The molecule has 0 bridgehead atoms. The van der Waals surface area contributed by atoms with Crippen molar-refractivity contribution in [3.8, 4) is 0 Å². The number of nitrogens with one attached hydrogen (secondary N) is 1. The average Bonchev–Trinajstić information content (AvgIpc) is 2.39. The van der Waals surface area contributed by atoms with Gasteiger partial charge in [0.05, 0.1) is 25.9 Å².